The maximum atomic E-state index is 9.74. The van der Waals surface area contributed by atoms with Crippen molar-refractivity contribution in [3.05, 3.63) is 48.9 Å². The number of nitrogens with two attached hydrogens (primary N) is 1. The number of aromatic nitrogens is 5. The fraction of sp³-hybridized carbons (Fsp3) is 0.0588. The van der Waals surface area contributed by atoms with Crippen molar-refractivity contribution in [1.29, 1.82) is 0 Å². The number of fused-ring (bicyclic) bond motifs is 1. The van der Waals surface area contributed by atoms with Gasteiger partial charge in [0.1, 0.15) is 5.75 Å². The first-order valence-corrected chi connectivity index (χ1v) is 8.04. The molecule has 0 saturated heterocycles. The molecule has 134 valence electrons. The molecule has 0 radical (unpaired) electrons. The Morgan fingerprint density at radius 1 is 1.11 bits per heavy atom. The van der Waals surface area contributed by atoms with Crippen LogP contribution in [-0.4, -0.2) is 49.5 Å². The molecule has 2 aromatic carbocycles. The summed E-state index contributed by atoms with van der Waals surface area (Å²) >= 11 is 0. The Balaban J connectivity index is 1.99. The molecule has 10 heteroatoms. The van der Waals surface area contributed by atoms with Crippen LogP contribution in [0.15, 0.2) is 48.9 Å². The van der Waals surface area contributed by atoms with Crippen molar-refractivity contribution in [2.45, 2.75) is 0 Å². The number of rotatable bonds is 4. The molecule has 0 spiro atoms. The number of ether oxygens (including phenoxy) is 1. The third-order valence-corrected chi connectivity index (χ3v) is 4.24. The Labute approximate surface area is 154 Å². The summed E-state index contributed by atoms with van der Waals surface area (Å²) in [5.41, 5.74) is 9.36. The van der Waals surface area contributed by atoms with Gasteiger partial charge in [-0.05, 0) is 23.8 Å². The van der Waals surface area contributed by atoms with Crippen molar-refractivity contribution in [2.24, 2.45) is 0 Å². The Bertz CT molecular complexity index is 1120. The van der Waals surface area contributed by atoms with Crippen LogP contribution >= 0.6 is 0 Å². The van der Waals surface area contributed by atoms with Gasteiger partial charge in [-0.25, -0.2) is 0 Å². The zero-order chi connectivity index (χ0) is 19.0. The standard InChI is InChI=1S/C17H15BN6O3/c1-27-17-8-16(24-21-4-5-22-24)12(7-13(17)18(25)26)10-2-3-11-14(19)9-20-23-15(11)6-10/h2-9,25-26H,1H3,(H2,19,23). The van der Waals surface area contributed by atoms with Gasteiger partial charge >= 0.3 is 7.12 Å². The minimum absolute atomic E-state index is 0.224. The number of anilines is 1. The van der Waals surface area contributed by atoms with E-state index in [1.165, 1.54) is 18.1 Å². The van der Waals surface area contributed by atoms with Crippen molar-refractivity contribution < 1.29 is 14.8 Å². The average molecular weight is 362 g/mol. The molecule has 0 unspecified atom stereocenters. The fourth-order valence-electron chi connectivity index (χ4n) is 2.95. The Morgan fingerprint density at radius 2 is 1.89 bits per heavy atom. The Hall–Kier alpha value is -3.50. The highest BCUT2D eigenvalue weighted by Gasteiger charge is 2.22. The van der Waals surface area contributed by atoms with Crippen LogP contribution in [-0.2, 0) is 0 Å². The zero-order valence-electron chi connectivity index (χ0n) is 14.3. The lowest BCUT2D eigenvalue weighted by molar-refractivity contribution is 0.403. The molecule has 2 aromatic heterocycles. The quantitative estimate of drug-likeness (QED) is 0.437. The molecular weight excluding hydrogens is 347 g/mol. The SMILES string of the molecule is COc1cc(-n2nccn2)c(-c2ccc3c(N)cnnc3c2)cc1B(O)O. The van der Waals surface area contributed by atoms with Gasteiger partial charge in [0.05, 0.1) is 42.6 Å². The summed E-state index contributed by atoms with van der Waals surface area (Å²) in [5.74, 6) is 0.311. The van der Waals surface area contributed by atoms with Crippen LogP contribution in [0.2, 0.25) is 0 Å². The van der Waals surface area contributed by atoms with Crippen molar-refractivity contribution in [2.75, 3.05) is 12.8 Å². The molecule has 0 bridgehead atoms. The van der Waals surface area contributed by atoms with Gasteiger partial charge in [0.2, 0.25) is 0 Å². The van der Waals surface area contributed by atoms with Gasteiger partial charge in [0.15, 0.2) is 0 Å². The Kier molecular flexibility index (Phi) is 4.19. The molecular formula is C17H15BN6O3. The summed E-state index contributed by atoms with van der Waals surface area (Å²) in [5, 5.41) is 36.6. The predicted molar refractivity (Wildman–Crippen MR) is 101 cm³/mol. The van der Waals surface area contributed by atoms with Crippen LogP contribution in [0.25, 0.3) is 27.7 Å². The van der Waals surface area contributed by atoms with Crippen molar-refractivity contribution in [3.63, 3.8) is 0 Å². The molecule has 4 rings (SSSR count). The van der Waals surface area contributed by atoms with E-state index in [-0.39, 0.29) is 5.46 Å². The highest BCUT2D eigenvalue weighted by molar-refractivity contribution is 6.60. The minimum Gasteiger partial charge on any atom is -0.497 e. The number of methoxy groups -OCH3 is 1. The van der Waals surface area contributed by atoms with E-state index in [2.05, 4.69) is 20.4 Å². The molecule has 27 heavy (non-hydrogen) atoms. The second-order valence-electron chi connectivity index (χ2n) is 5.84. The van der Waals surface area contributed by atoms with E-state index in [1.807, 2.05) is 18.2 Å². The summed E-state index contributed by atoms with van der Waals surface area (Å²) in [4.78, 5) is 1.43. The molecule has 2 heterocycles. The third kappa shape index (κ3) is 2.96. The highest BCUT2D eigenvalue weighted by atomic mass is 16.5. The summed E-state index contributed by atoms with van der Waals surface area (Å²) < 4.78 is 5.29. The van der Waals surface area contributed by atoms with Crippen molar-refractivity contribution in [1.82, 2.24) is 25.2 Å². The fourth-order valence-corrected chi connectivity index (χ4v) is 2.95. The van der Waals surface area contributed by atoms with Crippen LogP contribution in [0.4, 0.5) is 5.69 Å². The molecule has 0 atom stereocenters. The predicted octanol–water partition coefficient (Wildman–Crippen LogP) is 0.148. The number of hydrogen-bond acceptors (Lipinski definition) is 8. The summed E-state index contributed by atoms with van der Waals surface area (Å²) in [7, 11) is -0.246. The number of benzene rings is 2. The van der Waals surface area contributed by atoms with Crippen molar-refractivity contribution in [3.8, 4) is 22.6 Å². The molecule has 0 aliphatic carbocycles. The van der Waals surface area contributed by atoms with Gasteiger partial charge in [-0.1, -0.05) is 6.07 Å². The van der Waals surface area contributed by atoms with E-state index in [1.54, 1.807) is 24.5 Å². The van der Waals surface area contributed by atoms with Gasteiger partial charge < -0.3 is 20.5 Å². The average Bonchev–Trinajstić information content (AvgIpc) is 3.21. The maximum Gasteiger partial charge on any atom is 0.492 e. The van der Waals surface area contributed by atoms with Crippen LogP contribution in [0, 0.1) is 0 Å². The summed E-state index contributed by atoms with van der Waals surface area (Å²) in [6.45, 7) is 0. The van der Waals surface area contributed by atoms with E-state index in [0.717, 1.165) is 10.9 Å². The molecule has 4 N–H and O–H groups in total. The first-order chi connectivity index (χ1) is 13.1. The van der Waals surface area contributed by atoms with Gasteiger partial charge in [0, 0.05) is 22.5 Å². The van der Waals surface area contributed by atoms with Crippen LogP contribution < -0.4 is 15.9 Å². The first-order valence-electron chi connectivity index (χ1n) is 8.04. The molecule has 0 aliphatic heterocycles. The van der Waals surface area contributed by atoms with Crippen molar-refractivity contribution >= 4 is 29.2 Å². The first kappa shape index (κ1) is 16.9. The van der Waals surface area contributed by atoms with E-state index < -0.39 is 7.12 Å². The van der Waals surface area contributed by atoms with E-state index in [4.69, 9.17) is 10.5 Å². The van der Waals surface area contributed by atoms with Crippen LogP contribution in [0.5, 0.6) is 5.75 Å². The molecule has 0 aliphatic rings. The van der Waals surface area contributed by atoms with E-state index in [9.17, 15) is 10.0 Å². The van der Waals surface area contributed by atoms with E-state index >= 15 is 0 Å². The molecule has 0 fully saturated rings. The third-order valence-electron chi connectivity index (χ3n) is 4.24. The lowest BCUT2D eigenvalue weighted by Crippen LogP contribution is -2.31. The number of hydrogen-bond donors (Lipinski definition) is 3. The van der Waals surface area contributed by atoms with Gasteiger partial charge in [-0.3, -0.25) is 0 Å². The van der Waals surface area contributed by atoms with E-state index in [0.29, 0.717) is 28.2 Å². The smallest absolute Gasteiger partial charge is 0.492 e. The highest BCUT2D eigenvalue weighted by Crippen LogP contribution is 2.31. The molecule has 4 aromatic rings. The largest absolute Gasteiger partial charge is 0.497 e. The lowest BCUT2D eigenvalue weighted by atomic mass is 9.77. The second-order valence-corrected chi connectivity index (χ2v) is 5.84. The minimum atomic E-state index is -1.70. The number of nitrogens with zero attached hydrogens (tertiary/aromatic N) is 5. The maximum absolute atomic E-state index is 9.74. The van der Waals surface area contributed by atoms with Gasteiger partial charge in [-0.15, -0.1) is 0 Å². The monoisotopic (exact) mass is 362 g/mol. The zero-order valence-corrected chi connectivity index (χ0v) is 14.3. The summed E-state index contributed by atoms with van der Waals surface area (Å²) in [6, 6.07) is 8.81. The van der Waals surface area contributed by atoms with Crippen LogP contribution in [0.3, 0.4) is 0 Å². The van der Waals surface area contributed by atoms with Gasteiger partial charge in [0.25, 0.3) is 0 Å². The summed E-state index contributed by atoms with van der Waals surface area (Å²) in [6.07, 6.45) is 4.60. The molecule has 0 amide bonds. The van der Waals surface area contributed by atoms with Crippen LogP contribution in [0.1, 0.15) is 0 Å². The molecule has 0 saturated carbocycles. The lowest BCUT2D eigenvalue weighted by Gasteiger charge is -2.15. The Morgan fingerprint density at radius 3 is 2.59 bits per heavy atom. The molecule has 9 nitrogen and oxygen atoms in total. The topological polar surface area (TPSA) is 132 Å². The second kappa shape index (κ2) is 6.67. The normalized spacial score (nSPS) is 10.9. The van der Waals surface area contributed by atoms with Gasteiger partial charge in [-0.2, -0.15) is 25.2 Å². The number of nitrogen functional groups attached to an aromatic ring is 1.